The SMILES string of the molecule is CN(C(=O)CCC(C)(C)N)c1ccc2nc[nH]c2c1. The second-order valence-corrected chi connectivity index (χ2v) is 5.55. The van der Waals surface area contributed by atoms with E-state index < -0.39 is 0 Å². The van der Waals surface area contributed by atoms with Crippen molar-refractivity contribution in [1.82, 2.24) is 9.97 Å². The average molecular weight is 260 g/mol. The molecule has 0 saturated heterocycles. The lowest BCUT2D eigenvalue weighted by molar-refractivity contribution is -0.118. The summed E-state index contributed by atoms with van der Waals surface area (Å²) in [5.74, 6) is 0.0670. The van der Waals surface area contributed by atoms with Gasteiger partial charge in [-0.1, -0.05) is 0 Å². The standard InChI is InChI=1S/C14H20N4O/c1-14(2,15)7-6-13(19)18(3)10-4-5-11-12(8-10)17-9-16-11/h4-5,8-9H,6-7,15H2,1-3H3,(H,16,17). The minimum Gasteiger partial charge on any atom is -0.345 e. The highest BCUT2D eigenvalue weighted by atomic mass is 16.2. The van der Waals surface area contributed by atoms with Crippen LogP contribution in [0.15, 0.2) is 24.5 Å². The van der Waals surface area contributed by atoms with E-state index in [1.807, 2.05) is 32.0 Å². The van der Waals surface area contributed by atoms with Gasteiger partial charge in [-0.2, -0.15) is 0 Å². The number of hydrogen-bond acceptors (Lipinski definition) is 3. The van der Waals surface area contributed by atoms with Gasteiger partial charge in [0.2, 0.25) is 5.91 Å². The van der Waals surface area contributed by atoms with Crippen LogP contribution in [0, 0.1) is 0 Å². The first kappa shape index (κ1) is 13.5. The van der Waals surface area contributed by atoms with E-state index in [1.165, 1.54) is 0 Å². The fourth-order valence-corrected chi connectivity index (χ4v) is 1.87. The van der Waals surface area contributed by atoms with Gasteiger partial charge in [-0.15, -0.1) is 0 Å². The molecule has 0 radical (unpaired) electrons. The molecule has 0 spiro atoms. The van der Waals surface area contributed by atoms with Crippen molar-refractivity contribution in [3.8, 4) is 0 Å². The third-order valence-electron chi connectivity index (χ3n) is 3.15. The van der Waals surface area contributed by atoms with Crippen molar-refractivity contribution in [3.63, 3.8) is 0 Å². The van der Waals surface area contributed by atoms with Gasteiger partial charge in [-0.3, -0.25) is 4.79 Å². The molecule has 5 nitrogen and oxygen atoms in total. The molecular weight excluding hydrogens is 240 g/mol. The fraction of sp³-hybridized carbons (Fsp3) is 0.429. The number of benzene rings is 1. The van der Waals surface area contributed by atoms with Crippen LogP contribution in [-0.4, -0.2) is 28.5 Å². The Kier molecular flexibility index (Phi) is 3.57. The number of amides is 1. The maximum absolute atomic E-state index is 12.1. The normalized spacial score (nSPS) is 11.8. The van der Waals surface area contributed by atoms with E-state index in [4.69, 9.17) is 5.73 Å². The molecule has 5 heteroatoms. The van der Waals surface area contributed by atoms with Gasteiger partial charge in [0.15, 0.2) is 0 Å². The van der Waals surface area contributed by atoms with E-state index in [1.54, 1.807) is 18.3 Å². The summed E-state index contributed by atoms with van der Waals surface area (Å²) < 4.78 is 0. The first-order valence-corrected chi connectivity index (χ1v) is 6.35. The molecule has 19 heavy (non-hydrogen) atoms. The van der Waals surface area contributed by atoms with Crippen LogP contribution in [0.25, 0.3) is 11.0 Å². The van der Waals surface area contributed by atoms with E-state index in [0.29, 0.717) is 12.8 Å². The Morgan fingerprint density at radius 3 is 2.89 bits per heavy atom. The zero-order valence-corrected chi connectivity index (χ0v) is 11.6. The number of rotatable bonds is 4. The van der Waals surface area contributed by atoms with E-state index >= 15 is 0 Å². The van der Waals surface area contributed by atoms with Crippen LogP contribution in [0.1, 0.15) is 26.7 Å². The molecule has 0 saturated carbocycles. The number of fused-ring (bicyclic) bond motifs is 1. The summed E-state index contributed by atoms with van der Waals surface area (Å²) in [6.45, 7) is 3.86. The summed E-state index contributed by atoms with van der Waals surface area (Å²) in [7, 11) is 1.78. The van der Waals surface area contributed by atoms with Gasteiger partial charge >= 0.3 is 0 Å². The van der Waals surface area contributed by atoms with E-state index in [0.717, 1.165) is 16.7 Å². The highest BCUT2D eigenvalue weighted by Gasteiger charge is 2.17. The summed E-state index contributed by atoms with van der Waals surface area (Å²) in [5.41, 5.74) is 8.26. The predicted molar refractivity (Wildman–Crippen MR) is 77.0 cm³/mol. The minimum absolute atomic E-state index is 0.0670. The number of carbonyl (C=O) groups excluding carboxylic acids is 1. The number of nitrogens with one attached hydrogen (secondary N) is 1. The Morgan fingerprint density at radius 1 is 1.47 bits per heavy atom. The smallest absolute Gasteiger partial charge is 0.226 e. The van der Waals surface area contributed by atoms with Gasteiger partial charge in [-0.25, -0.2) is 4.98 Å². The lowest BCUT2D eigenvalue weighted by Gasteiger charge is -2.21. The zero-order valence-electron chi connectivity index (χ0n) is 11.6. The number of nitrogens with zero attached hydrogens (tertiary/aromatic N) is 2. The van der Waals surface area contributed by atoms with Crippen LogP contribution in [0.4, 0.5) is 5.69 Å². The summed E-state index contributed by atoms with van der Waals surface area (Å²) >= 11 is 0. The van der Waals surface area contributed by atoms with Crippen LogP contribution in [0.3, 0.4) is 0 Å². The largest absolute Gasteiger partial charge is 0.345 e. The van der Waals surface area contributed by atoms with Gasteiger partial charge in [0.05, 0.1) is 17.4 Å². The average Bonchev–Trinajstić information content (AvgIpc) is 2.81. The number of carbonyl (C=O) groups is 1. The molecule has 3 N–H and O–H groups in total. The van der Waals surface area contributed by atoms with Crippen molar-refractivity contribution in [1.29, 1.82) is 0 Å². The van der Waals surface area contributed by atoms with Gasteiger partial charge in [0.25, 0.3) is 0 Å². The number of hydrogen-bond donors (Lipinski definition) is 2. The number of imidazole rings is 1. The Morgan fingerprint density at radius 2 is 2.21 bits per heavy atom. The Labute approximate surface area is 112 Å². The number of aromatic nitrogens is 2. The number of aromatic amines is 1. The molecule has 0 atom stereocenters. The van der Waals surface area contributed by atoms with Crippen molar-refractivity contribution < 1.29 is 4.79 Å². The first-order chi connectivity index (χ1) is 8.87. The Bertz CT molecular complexity index is 582. The topological polar surface area (TPSA) is 75.0 Å². The molecular formula is C14H20N4O. The summed E-state index contributed by atoms with van der Waals surface area (Å²) in [6.07, 6.45) is 2.76. The number of H-pyrrole nitrogens is 1. The van der Waals surface area contributed by atoms with Crippen molar-refractivity contribution in [2.45, 2.75) is 32.2 Å². The summed E-state index contributed by atoms with van der Waals surface area (Å²) in [5, 5.41) is 0. The molecule has 0 fully saturated rings. The molecule has 0 aliphatic heterocycles. The quantitative estimate of drug-likeness (QED) is 0.883. The molecule has 1 amide bonds. The van der Waals surface area contributed by atoms with Crippen LogP contribution in [-0.2, 0) is 4.79 Å². The summed E-state index contributed by atoms with van der Waals surface area (Å²) in [6, 6.07) is 5.72. The highest BCUT2D eigenvalue weighted by Crippen LogP contribution is 2.20. The predicted octanol–water partition coefficient (Wildman–Crippen LogP) is 2.04. The molecule has 1 aromatic carbocycles. The lowest BCUT2D eigenvalue weighted by atomic mass is 10.00. The number of nitrogens with two attached hydrogens (primary N) is 1. The molecule has 0 unspecified atom stereocenters. The molecule has 2 rings (SSSR count). The molecule has 0 aliphatic carbocycles. The Balaban J connectivity index is 2.09. The fourth-order valence-electron chi connectivity index (χ4n) is 1.87. The lowest BCUT2D eigenvalue weighted by Crippen LogP contribution is -2.35. The zero-order chi connectivity index (χ0) is 14.0. The van der Waals surface area contributed by atoms with Crippen LogP contribution in [0.5, 0.6) is 0 Å². The molecule has 0 aliphatic rings. The maximum Gasteiger partial charge on any atom is 0.226 e. The third kappa shape index (κ3) is 3.32. The van der Waals surface area contributed by atoms with Gasteiger partial charge in [-0.05, 0) is 38.5 Å². The second kappa shape index (κ2) is 5.01. The van der Waals surface area contributed by atoms with Crippen LogP contribution < -0.4 is 10.6 Å². The second-order valence-electron chi connectivity index (χ2n) is 5.55. The van der Waals surface area contributed by atoms with Crippen LogP contribution in [0.2, 0.25) is 0 Å². The van der Waals surface area contributed by atoms with Crippen molar-refractivity contribution in [2.24, 2.45) is 5.73 Å². The van der Waals surface area contributed by atoms with E-state index in [2.05, 4.69) is 9.97 Å². The maximum atomic E-state index is 12.1. The van der Waals surface area contributed by atoms with Crippen molar-refractivity contribution in [2.75, 3.05) is 11.9 Å². The minimum atomic E-state index is -0.316. The monoisotopic (exact) mass is 260 g/mol. The van der Waals surface area contributed by atoms with E-state index in [-0.39, 0.29) is 11.4 Å². The molecule has 1 aromatic heterocycles. The first-order valence-electron chi connectivity index (χ1n) is 6.35. The highest BCUT2D eigenvalue weighted by molar-refractivity contribution is 5.94. The van der Waals surface area contributed by atoms with Gasteiger partial charge in [0, 0.05) is 24.7 Å². The van der Waals surface area contributed by atoms with E-state index in [9.17, 15) is 4.79 Å². The van der Waals surface area contributed by atoms with Crippen LogP contribution >= 0.6 is 0 Å². The molecule has 2 aromatic rings. The van der Waals surface area contributed by atoms with Gasteiger partial charge in [0.1, 0.15) is 0 Å². The van der Waals surface area contributed by atoms with Crippen molar-refractivity contribution in [3.05, 3.63) is 24.5 Å². The van der Waals surface area contributed by atoms with Crippen molar-refractivity contribution >= 4 is 22.6 Å². The number of anilines is 1. The molecule has 1 heterocycles. The molecule has 102 valence electrons. The van der Waals surface area contributed by atoms with Gasteiger partial charge < -0.3 is 15.6 Å². The Hall–Kier alpha value is -1.88. The molecule has 0 bridgehead atoms. The third-order valence-corrected chi connectivity index (χ3v) is 3.15. The summed E-state index contributed by atoms with van der Waals surface area (Å²) in [4.78, 5) is 21.0.